The predicted octanol–water partition coefficient (Wildman–Crippen LogP) is 2.52. The molecule has 2 heterocycles. The lowest BCUT2D eigenvalue weighted by molar-refractivity contribution is 0.0807. The average Bonchev–Trinajstić information content (AvgIpc) is 3.09. The van der Waals surface area contributed by atoms with Crippen molar-refractivity contribution in [3.63, 3.8) is 0 Å². The first-order chi connectivity index (χ1) is 9.20. The zero-order chi connectivity index (χ0) is 13.4. The van der Waals surface area contributed by atoms with E-state index in [4.69, 9.17) is 16.3 Å². The van der Waals surface area contributed by atoms with Crippen LogP contribution in [0.15, 0.2) is 0 Å². The third-order valence-corrected chi connectivity index (χ3v) is 4.70. The second kappa shape index (κ2) is 5.43. The fourth-order valence-corrected chi connectivity index (χ4v) is 3.19. The number of aromatic nitrogens is 2. The number of hydrogen-bond donors (Lipinski definition) is 1. The van der Waals surface area contributed by atoms with Gasteiger partial charge in [0.05, 0.1) is 22.5 Å². The summed E-state index contributed by atoms with van der Waals surface area (Å²) in [6.45, 7) is 6.59. The topological polar surface area (TPSA) is 39.1 Å². The molecule has 0 bridgehead atoms. The standard InChI is InChI=1S/C14H22ClN3O/c1-3-18-12(13(15)9(2)17-18)8-16-11-6-7-19-14(11)10-4-5-10/h10-11,14,16H,3-8H2,1-2H3. The van der Waals surface area contributed by atoms with Gasteiger partial charge in [-0.25, -0.2) is 0 Å². The van der Waals surface area contributed by atoms with Gasteiger partial charge < -0.3 is 10.1 Å². The molecule has 106 valence electrons. The summed E-state index contributed by atoms with van der Waals surface area (Å²) < 4.78 is 7.84. The molecular weight excluding hydrogens is 262 g/mol. The molecule has 4 nitrogen and oxygen atoms in total. The number of rotatable bonds is 5. The normalized spacial score (nSPS) is 27.1. The molecule has 2 fully saturated rings. The van der Waals surface area contributed by atoms with Crippen LogP contribution in [-0.2, 0) is 17.8 Å². The monoisotopic (exact) mass is 283 g/mol. The van der Waals surface area contributed by atoms with E-state index in [1.54, 1.807) is 0 Å². The predicted molar refractivity (Wildman–Crippen MR) is 75.4 cm³/mol. The van der Waals surface area contributed by atoms with E-state index in [9.17, 15) is 0 Å². The second-order valence-electron chi connectivity index (χ2n) is 5.61. The molecule has 1 saturated heterocycles. The van der Waals surface area contributed by atoms with Gasteiger partial charge in [-0.15, -0.1) is 0 Å². The van der Waals surface area contributed by atoms with Gasteiger partial charge in [0.25, 0.3) is 0 Å². The summed E-state index contributed by atoms with van der Waals surface area (Å²) in [5.41, 5.74) is 2.02. The third kappa shape index (κ3) is 2.67. The van der Waals surface area contributed by atoms with Crippen LogP contribution < -0.4 is 5.32 Å². The molecule has 0 radical (unpaired) electrons. The molecule has 1 aliphatic carbocycles. The van der Waals surface area contributed by atoms with Crippen molar-refractivity contribution in [3.8, 4) is 0 Å². The van der Waals surface area contributed by atoms with Crippen molar-refractivity contribution < 1.29 is 4.74 Å². The first kappa shape index (κ1) is 13.4. The number of halogens is 1. The van der Waals surface area contributed by atoms with E-state index in [-0.39, 0.29) is 0 Å². The molecule has 1 N–H and O–H groups in total. The fraction of sp³-hybridized carbons (Fsp3) is 0.786. The van der Waals surface area contributed by atoms with Crippen molar-refractivity contribution in [2.75, 3.05) is 6.61 Å². The molecule has 2 unspecified atom stereocenters. The van der Waals surface area contributed by atoms with E-state index >= 15 is 0 Å². The molecule has 5 heteroatoms. The van der Waals surface area contributed by atoms with Crippen LogP contribution in [0.25, 0.3) is 0 Å². The molecule has 3 rings (SSSR count). The summed E-state index contributed by atoms with van der Waals surface area (Å²) in [6, 6.07) is 0.476. The van der Waals surface area contributed by atoms with Crippen molar-refractivity contribution in [2.45, 2.75) is 58.3 Å². The number of aryl methyl sites for hydroxylation is 2. The third-order valence-electron chi connectivity index (χ3n) is 4.21. The maximum absolute atomic E-state index is 6.33. The van der Waals surface area contributed by atoms with Crippen LogP contribution in [0, 0.1) is 12.8 Å². The number of hydrogen-bond acceptors (Lipinski definition) is 3. The van der Waals surface area contributed by atoms with Crippen LogP contribution in [0.2, 0.25) is 5.02 Å². The van der Waals surface area contributed by atoms with Crippen molar-refractivity contribution in [2.24, 2.45) is 5.92 Å². The van der Waals surface area contributed by atoms with Crippen molar-refractivity contribution in [1.82, 2.24) is 15.1 Å². The van der Waals surface area contributed by atoms with Crippen LogP contribution in [0.5, 0.6) is 0 Å². The van der Waals surface area contributed by atoms with E-state index in [1.807, 2.05) is 11.6 Å². The van der Waals surface area contributed by atoms with E-state index in [0.29, 0.717) is 12.1 Å². The number of nitrogens with one attached hydrogen (secondary N) is 1. The summed E-state index contributed by atoms with van der Waals surface area (Å²) in [5, 5.41) is 8.88. The summed E-state index contributed by atoms with van der Waals surface area (Å²) in [6.07, 6.45) is 4.18. The molecule has 0 amide bonds. The smallest absolute Gasteiger partial charge is 0.0860 e. The van der Waals surface area contributed by atoms with Crippen molar-refractivity contribution in [1.29, 1.82) is 0 Å². The molecule has 1 aromatic rings. The van der Waals surface area contributed by atoms with Crippen molar-refractivity contribution in [3.05, 3.63) is 16.4 Å². The molecule has 1 saturated carbocycles. The highest BCUT2D eigenvalue weighted by molar-refractivity contribution is 6.31. The van der Waals surface area contributed by atoms with Gasteiger partial charge in [-0.2, -0.15) is 5.10 Å². The largest absolute Gasteiger partial charge is 0.376 e. The molecule has 2 atom stereocenters. The highest BCUT2D eigenvalue weighted by atomic mass is 35.5. The van der Waals surface area contributed by atoms with Crippen LogP contribution in [-0.4, -0.2) is 28.5 Å². The van der Waals surface area contributed by atoms with Gasteiger partial charge >= 0.3 is 0 Å². The summed E-state index contributed by atoms with van der Waals surface area (Å²) >= 11 is 6.33. The maximum Gasteiger partial charge on any atom is 0.0860 e. The molecule has 19 heavy (non-hydrogen) atoms. The molecule has 1 aliphatic heterocycles. The molecule has 1 aromatic heterocycles. The highest BCUT2D eigenvalue weighted by Gasteiger charge is 2.40. The molecule has 2 aliphatic rings. The Kier molecular flexibility index (Phi) is 3.83. The van der Waals surface area contributed by atoms with Gasteiger partial charge in [0.1, 0.15) is 0 Å². The number of ether oxygens (including phenoxy) is 1. The Bertz CT molecular complexity index is 456. The Hall–Kier alpha value is -0.580. The van der Waals surface area contributed by atoms with Gasteiger partial charge in [-0.1, -0.05) is 11.6 Å². The van der Waals surface area contributed by atoms with Gasteiger partial charge in [-0.05, 0) is 39.0 Å². The minimum absolute atomic E-state index is 0.415. The highest BCUT2D eigenvalue weighted by Crippen LogP contribution is 2.38. The van der Waals surface area contributed by atoms with Crippen LogP contribution in [0.4, 0.5) is 0 Å². The fourth-order valence-electron chi connectivity index (χ4n) is 2.98. The van der Waals surface area contributed by atoms with Crippen LogP contribution in [0.3, 0.4) is 0 Å². The quantitative estimate of drug-likeness (QED) is 0.902. The Labute approximate surface area is 119 Å². The molecule has 0 spiro atoms. The Morgan fingerprint density at radius 3 is 2.89 bits per heavy atom. The molecular formula is C14H22ClN3O. The van der Waals surface area contributed by atoms with Crippen LogP contribution in [0.1, 0.15) is 37.6 Å². The van der Waals surface area contributed by atoms with E-state index in [1.165, 1.54) is 12.8 Å². The zero-order valence-corrected chi connectivity index (χ0v) is 12.4. The Morgan fingerprint density at radius 1 is 1.42 bits per heavy atom. The van der Waals surface area contributed by atoms with E-state index in [2.05, 4.69) is 17.3 Å². The Morgan fingerprint density at radius 2 is 2.21 bits per heavy atom. The zero-order valence-electron chi connectivity index (χ0n) is 11.7. The van der Waals surface area contributed by atoms with Gasteiger partial charge in [0, 0.05) is 25.7 Å². The number of nitrogens with zero attached hydrogens (tertiary/aromatic N) is 2. The lowest BCUT2D eigenvalue weighted by atomic mass is 10.1. The van der Waals surface area contributed by atoms with E-state index in [0.717, 1.165) is 48.4 Å². The summed E-state index contributed by atoms with van der Waals surface area (Å²) in [5.74, 6) is 0.785. The summed E-state index contributed by atoms with van der Waals surface area (Å²) in [4.78, 5) is 0. The molecule has 0 aromatic carbocycles. The first-order valence-corrected chi connectivity index (χ1v) is 7.65. The van der Waals surface area contributed by atoms with Crippen molar-refractivity contribution >= 4 is 11.6 Å². The lowest BCUT2D eigenvalue weighted by Crippen LogP contribution is -2.37. The van der Waals surface area contributed by atoms with Gasteiger partial charge in [0.15, 0.2) is 0 Å². The SMILES string of the molecule is CCn1nc(C)c(Cl)c1CNC1CCOC1C1CC1. The van der Waals surface area contributed by atoms with E-state index < -0.39 is 0 Å². The average molecular weight is 284 g/mol. The minimum atomic E-state index is 0.415. The van der Waals surface area contributed by atoms with Gasteiger partial charge in [0.2, 0.25) is 0 Å². The van der Waals surface area contributed by atoms with Gasteiger partial charge in [-0.3, -0.25) is 4.68 Å². The first-order valence-electron chi connectivity index (χ1n) is 7.27. The summed E-state index contributed by atoms with van der Waals surface area (Å²) in [7, 11) is 0. The lowest BCUT2D eigenvalue weighted by Gasteiger charge is -2.19. The van der Waals surface area contributed by atoms with Crippen LogP contribution >= 0.6 is 11.6 Å². The minimum Gasteiger partial charge on any atom is -0.376 e. The Balaban J connectivity index is 1.65. The second-order valence-corrected chi connectivity index (χ2v) is 5.99. The maximum atomic E-state index is 6.33.